The second-order valence-corrected chi connectivity index (χ2v) is 7.65. The van der Waals surface area contributed by atoms with E-state index in [0.717, 1.165) is 19.0 Å². The number of guanidine groups is 1. The number of hydrogen-bond acceptors (Lipinski definition) is 3. The van der Waals surface area contributed by atoms with E-state index in [1.807, 2.05) is 18.4 Å². The number of hydrogen-bond donors (Lipinski definition) is 1. The third-order valence-corrected chi connectivity index (χ3v) is 5.90. The van der Waals surface area contributed by atoms with E-state index in [2.05, 4.69) is 74.6 Å². The molecule has 0 aromatic carbocycles. The van der Waals surface area contributed by atoms with E-state index in [9.17, 15) is 0 Å². The van der Waals surface area contributed by atoms with Gasteiger partial charge in [-0.1, -0.05) is 6.07 Å². The summed E-state index contributed by atoms with van der Waals surface area (Å²) in [5.74, 6) is 0.946. The van der Waals surface area contributed by atoms with Crippen molar-refractivity contribution in [2.45, 2.75) is 25.4 Å². The van der Waals surface area contributed by atoms with Gasteiger partial charge in [0.1, 0.15) is 0 Å². The maximum atomic E-state index is 4.49. The largest absolute Gasteiger partial charge is 0.354 e. The number of aliphatic imine (C=N–C) groups is 1. The summed E-state index contributed by atoms with van der Waals surface area (Å²) in [6, 6.07) is 9.08. The highest BCUT2D eigenvalue weighted by molar-refractivity contribution is 14.0. The van der Waals surface area contributed by atoms with Gasteiger partial charge in [0.2, 0.25) is 0 Å². The summed E-state index contributed by atoms with van der Waals surface area (Å²) >= 11 is 1.85. The highest BCUT2D eigenvalue weighted by Crippen LogP contribution is 2.27. The number of aryl methyl sites for hydroxylation is 1. The Morgan fingerprint density at radius 2 is 2.08 bits per heavy atom. The Kier molecular flexibility index (Phi) is 8.43. The third-order valence-electron chi connectivity index (χ3n) is 4.93. The first-order chi connectivity index (χ1) is 12.2. The van der Waals surface area contributed by atoms with Crippen LogP contribution in [0.3, 0.4) is 0 Å². The summed E-state index contributed by atoms with van der Waals surface area (Å²) in [6.45, 7) is 4.13. The van der Waals surface area contributed by atoms with Crippen molar-refractivity contribution in [2.24, 2.45) is 12.0 Å². The van der Waals surface area contributed by atoms with Crippen molar-refractivity contribution >= 4 is 41.3 Å². The topological polar surface area (TPSA) is 35.8 Å². The molecule has 1 fully saturated rings. The monoisotopic (exact) mass is 487 g/mol. The lowest BCUT2D eigenvalue weighted by molar-refractivity contribution is 0.247. The van der Waals surface area contributed by atoms with Gasteiger partial charge in [0.15, 0.2) is 5.96 Å². The van der Waals surface area contributed by atoms with Gasteiger partial charge in [0.05, 0.1) is 12.6 Å². The Labute approximate surface area is 178 Å². The normalized spacial score (nSPS) is 16.3. The first-order valence-electron chi connectivity index (χ1n) is 8.98. The Bertz CT molecular complexity index is 676. The summed E-state index contributed by atoms with van der Waals surface area (Å²) in [5, 5.41) is 5.77. The molecular weight excluding hydrogens is 457 g/mol. The zero-order valence-electron chi connectivity index (χ0n) is 15.9. The Morgan fingerprint density at radius 1 is 1.31 bits per heavy atom. The van der Waals surface area contributed by atoms with E-state index in [4.69, 9.17) is 0 Å². The first-order valence-corrected chi connectivity index (χ1v) is 9.86. The molecule has 0 saturated carbocycles. The van der Waals surface area contributed by atoms with Gasteiger partial charge in [0.25, 0.3) is 0 Å². The van der Waals surface area contributed by atoms with Gasteiger partial charge >= 0.3 is 0 Å². The van der Waals surface area contributed by atoms with Gasteiger partial charge in [0, 0.05) is 44.5 Å². The lowest BCUT2D eigenvalue weighted by atomic mass is 10.2. The minimum Gasteiger partial charge on any atom is -0.354 e. The van der Waals surface area contributed by atoms with Gasteiger partial charge in [-0.2, -0.15) is 0 Å². The maximum Gasteiger partial charge on any atom is 0.193 e. The molecule has 3 rings (SSSR count). The van der Waals surface area contributed by atoms with Crippen molar-refractivity contribution < 1.29 is 0 Å². The van der Waals surface area contributed by atoms with Gasteiger partial charge in [-0.05, 0) is 49.5 Å². The van der Waals surface area contributed by atoms with Gasteiger partial charge in [-0.3, -0.25) is 9.89 Å². The minimum atomic E-state index is 0. The van der Waals surface area contributed by atoms with Crippen molar-refractivity contribution in [2.75, 3.05) is 33.7 Å². The summed E-state index contributed by atoms with van der Waals surface area (Å²) < 4.78 is 2.16. The van der Waals surface area contributed by atoms with E-state index in [1.165, 1.54) is 36.5 Å². The predicted octanol–water partition coefficient (Wildman–Crippen LogP) is 3.55. The molecule has 1 atom stereocenters. The molecule has 0 amide bonds. The molecule has 1 unspecified atom stereocenters. The molecule has 2 aromatic rings. The van der Waals surface area contributed by atoms with Gasteiger partial charge < -0.3 is 14.8 Å². The van der Waals surface area contributed by atoms with Crippen molar-refractivity contribution in [3.05, 3.63) is 46.4 Å². The van der Waals surface area contributed by atoms with Crippen LogP contribution in [0.25, 0.3) is 0 Å². The van der Waals surface area contributed by atoms with Crippen molar-refractivity contribution in [1.29, 1.82) is 0 Å². The molecule has 0 aliphatic carbocycles. The van der Waals surface area contributed by atoms with Crippen LogP contribution in [0.15, 0.2) is 40.8 Å². The van der Waals surface area contributed by atoms with Crippen LogP contribution >= 0.6 is 35.3 Å². The molecule has 0 bridgehead atoms. The van der Waals surface area contributed by atoms with Crippen LogP contribution in [0.4, 0.5) is 0 Å². The Balaban J connectivity index is 0.00000243. The number of aromatic nitrogens is 1. The standard InChI is InChI=1S/C19H29N5S.HI/c1-20-19(23(3)15-16-8-6-10-22(16)2)21-14-17(18-9-7-13-25-18)24-11-4-5-12-24;/h6-10,13,17H,4-5,11-12,14-15H2,1-3H3,(H,20,21);1H. The Hall–Kier alpha value is -1.06. The maximum absolute atomic E-state index is 4.49. The fourth-order valence-electron chi connectivity index (χ4n) is 3.50. The van der Waals surface area contributed by atoms with Crippen molar-refractivity contribution in [3.8, 4) is 0 Å². The molecule has 1 aliphatic heterocycles. The van der Waals surface area contributed by atoms with Crippen LogP contribution in [0.2, 0.25) is 0 Å². The summed E-state index contributed by atoms with van der Waals surface area (Å²) in [5.41, 5.74) is 1.28. The first kappa shape index (κ1) is 21.2. The zero-order valence-corrected chi connectivity index (χ0v) is 19.0. The minimum absolute atomic E-state index is 0. The molecule has 5 nitrogen and oxygen atoms in total. The van der Waals surface area contributed by atoms with Crippen LogP contribution in [0.1, 0.15) is 29.5 Å². The molecule has 26 heavy (non-hydrogen) atoms. The van der Waals surface area contributed by atoms with E-state index >= 15 is 0 Å². The highest BCUT2D eigenvalue weighted by atomic mass is 127. The number of nitrogens with zero attached hydrogens (tertiary/aromatic N) is 4. The smallest absolute Gasteiger partial charge is 0.193 e. The van der Waals surface area contributed by atoms with E-state index in [0.29, 0.717) is 6.04 Å². The second kappa shape index (κ2) is 10.3. The molecule has 2 aromatic heterocycles. The van der Waals surface area contributed by atoms with Crippen LogP contribution in [0.5, 0.6) is 0 Å². The van der Waals surface area contributed by atoms with Crippen LogP contribution < -0.4 is 5.32 Å². The van der Waals surface area contributed by atoms with Crippen LogP contribution in [-0.2, 0) is 13.6 Å². The molecule has 3 heterocycles. The summed E-state index contributed by atoms with van der Waals surface area (Å²) in [6.07, 6.45) is 4.70. The average Bonchev–Trinajstić information content (AvgIpc) is 3.36. The SMILES string of the molecule is CN=C(NCC(c1cccs1)N1CCCC1)N(C)Cc1cccn1C.I. The Morgan fingerprint density at radius 3 is 2.65 bits per heavy atom. The third kappa shape index (κ3) is 5.23. The molecular formula is C19H30IN5S. The highest BCUT2D eigenvalue weighted by Gasteiger charge is 2.24. The predicted molar refractivity (Wildman–Crippen MR) is 122 cm³/mol. The number of likely N-dealkylation sites (tertiary alicyclic amines) is 1. The fourth-order valence-corrected chi connectivity index (χ4v) is 4.36. The average molecular weight is 487 g/mol. The van der Waals surface area contributed by atoms with Crippen molar-refractivity contribution in [1.82, 2.24) is 19.7 Å². The van der Waals surface area contributed by atoms with E-state index < -0.39 is 0 Å². The van der Waals surface area contributed by atoms with Crippen LogP contribution in [0, 0.1) is 0 Å². The lowest BCUT2D eigenvalue weighted by Gasteiger charge is -2.29. The van der Waals surface area contributed by atoms with Gasteiger partial charge in [-0.25, -0.2) is 0 Å². The zero-order chi connectivity index (χ0) is 17.6. The van der Waals surface area contributed by atoms with Gasteiger partial charge in [-0.15, -0.1) is 35.3 Å². The van der Waals surface area contributed by atoms with Crippen molar-refractivity contribution in [3.63, 3.8) is 0 Å². The molecule has 7 heteroatoms. The molecule has 1 aliphatic rings. The molecule has 0 spiro atoms. The summed E-state index contributed by atoms with van der Waals surface area (Å²) in [4.78, 5) is 10.7. The number of rotatable bonds is 6. The fraction of sp³-hybridized carbons (Fsp3) is 0.526. The molecule has 1 saturated heterocycles. The van der Waals surface area contributed by atoms with E-state index in [-0.39, 0.29) is 24.0 Å². The molecule has 0 radical (unpaired) electrons. The van der Waals surface area contributed by atoms with Crippen LogP contribution in [-0.4, -0.2) is 54.1 Å². The molecule has 1 N–H and O–H groups in total. The second-order valence-electron chi connectivity index (χ2n) is 6.67. The lowest BCUT2D eigenvalue weighted by Crippen LogP contribution is -2.43. The summed E-state index contributed by atoms with van der Waals surface area (Å²) in [7, 11) is 6.04. The quantitative estimate of drug-likeness (QED) is 0.385. The van der Waals surface area contributed by atoms with E-state index in [1.54, 1.807) is 0 Å². The molecule has 144 valence electrons. The number of nitrogens with one attached hydrogen (secondary N) is 1. The number of thiophene rings is 1. The number of halogens is 1.